The van der Waals surface area contributed by atoms with Crippen LogP contribution in [0.25, 0.3) is 0 Å². The Hall–Kier alpha value is -2.03. The van der Waals surface area contributed by atoms with Crippen molar-refractivity contribution in [2.75, 3.05) is 0 Å². The smallest absolute Gasteiger partial charge is 0.339 e. The Bertz CT molecular complexity index is 557. The summed E-state index contributed by atoms with van der Waals surface area (Å²) in [5.74, 6) is 0.617. The van der Waals surface area contributed by atoms with Crippen molar-refractivity contribution in [2.24, 2.45) is 0 Å². The predicted octanol–water partition coefficient (Wildman–Crippen LogP) is 3.08. The minimum absolute atomic E-state index is 0.0345. The molecule has 0 fully saturated rings. The molecule has 0 saturated heterocycles. The lowest BCUT2D eigenvalue weighted by Gasteiger charge is -2.13. The highest BCUT2D eigenvalue weighted by Gasteiger charge is 2.14. The normalized spacial score (nSPS) is 12.3. The molecular formula is C15H16O3. The highest BCUT2D eigenvalue weighted by molar-refractivity contribution is 5.23. The van der Waals surface area contributed by atoms with Gasteiger partial charge in [0.2, 0.25) is 0 Å². The number of aromatic hydroxyl groups is 1. The van der Waals surface area contributed by atoms with Crippen molar-refractivity contribution in [1.29, 1.82) is 0 Å². The van der Waals surface area contributed by atoms with Gasteiger partial charge < -0.3 is 9.52 Å². The Morgan fingerprint density at radius 2 is 1.94 bits per heavy atom. The van der Waals surface area contributed by atoms with Crippen LogP contribution in [0.15, 0.2) is 51.7 Å². The third kappa shape index (κ3) is 3.00. The van der Waals surface area contributed by atoms with Gasteiger partial charge in [0.1, 0.15) is 11.5 Å². The van der Waals surface area contributed by atoms with Crippen LogP contribution in [0.5, 0.6) is 5.75 Å². The molecule has 0 unspecified atom stereocenters. The summed E-state index contributed by atoms with van der Waals surface area (Å²) in [5.41, 5.74) is 0.687. The Labute approximate surface area is 106 Å². The lowest BCUT2D eigenvalue weighted by atomic mass is 9.94. The summed E-state index contributed by atoms with van der Waals surface area (Å²) in [6.45, 7) is 2.04. The average Bonchev–Trinajstić information content (AvgIpc) is 2.36. The fourth-order valence-electron chi connectivity index (χ4n) is 2.03. The second-order valence-corrected chi connectivity index (χ2v) is 4.33. The van der Waals surface area contributed by atoms with Crippen LogP contribution in [0.3, 0.4) is 0 Å². The zero-order chi connectivity index (χ0) is 13.0. The van der Waals surface area contributed by atoms with E-state index in [0.29, 0.717) is 5.76 Å². The van der Waals surface area contributed by atoms with E-state index in [2.05, 4.69) is 0 Å². The summed E-state index contributed by atoms with van der Waals surface area (Å²) in [6.07, 6.45) is 1.64. The second kappa shape index (κ2) is 5.54. The van der Waals surface area contributed by atoms with Crippen LogP contribution in [0, 0.1) is 0 Å². The molecule has 0 bridgehead atoms. The summed E-state index contributed by atoms with van der Waals surface area (Å²) in [6, 6.07) is 12.6. The van der Waals surface area contributed by atoms with Gasteiger partial charge in [-0.1, -0.05) is 37.3 Å². The minimum Gasteiger partial charge on any atom is -0.508 e. The fourth-order valence-corrected chi connectivity index (χ4v) is 2.03. The van der Waals surface area contributed by atoms with E-state index in [9.17, 15) is 9.90 Å². The van der Waals surface area contributed by atoms with Gasteiger partial charge in [0.15, 0.2) is 0 Å². The molecule has 1 aromatic heterocycles. The van der Waals surface area contributed by atoms with E-state index < -0.39 is 5.63 Å². The number of benzene rings is 1. The third-order valence-electron chi connectivity index (χ3n) is 2.99. The van der Waals surface area contributed by atoms with Gasteiger partial charge in [0.25, 0.3) is 0 Å². The minimum atomic E-state index is -0.503. The van der Waals surface area contributed by atoms with Crippen LogP contribution in [0.1, 0.15) is 30.6 Å². The van der Waals surface area contributed by atoms with E-state index in [1.807, 2.05) is 37.3 Å². The van der Waals surface area contributed by atoms with E-state index in [-0.39, 0.29) is 11.7 Å². The van der Waals surface area contributed by atoms with Crippen LogP contribution in [-0.4, -0.2) is 5.11 Å². The van der Waals surface area contributed by atoms with Gasteiger partial charge in [-0.3, -0.25) is 0 Å². The summed E-state index contributed by atoms with van der Waals surface area (Å²) < 4.78 is 5.17. The van der Waals surface area contributed by atoms with Crippen LogP contribution < -0.4 is 5.63 Å². The predicted molar refractivity (Wildman–Crippen MR) is 69.8 cm³/mol. The molecule has 0 spiro atoms. The molecule has 2 rings (SSSR count). The molecule has 1 aromatic carbocycles. The van der Waals surface area contributed by atoms with Crippen LogP contribution in [-0.2, 0) is 6.42 Å². The third-order valence-corrected chi connectivity index (χ3v) is 2.99. The molecule has 0 amide bonds. The van der Waals surface area contributed by atoms with Gasteiger partial charge in [-0.2, -0.15) is 0 Å². The topological polar surface area (TPSA) is 50.4 Å². The van der Waals surface area contributed by atoms with Gasteiger partial charge in [0, 0.05) is 12.0 Å². The first-order valence-corrected chi connectivity index (χ1v) is 6.07. The monoisotopic (exact) mass is 244 g/mol. The van der Waals surface area contributed by atoms with E-state index in [0.717, 1.165) is 18.9 Å². The standard InChI is InChI=1S/C15H16O3/c1-2-12(8-11-6-4-3-5-7-11)14-9-13(16)10-15(17)18-14/h3-7,9-10,12,16H,2,8H2,1H3/t12-/m1/s1. The van der Waals surface area contributed by atoms with E-state index in [1.165, 1.54) is 11.6 Å². The molecule has 0 aliphatic rings. The largest absolute Gasteiger partial charge is 0.508 e. The molecule has 0 radical (unpaired) electrons. The Kier molecular flexibility index (Phi) is 3.82. The number of rotatable bonds is 4. The van der Waals surface area contributed by atoms with Gasteiger partial charge >= 0.3 is 5.63 Å². The molecule has 1 N–H and O–H groups in total. The molecule has 0 aliphatic carbocycles. The van der Waals surface area contributed by atoms with E-state index >= 15 is 0 Å². The Balaban J connectivity index is 2.25. The van der Waals surface area contributed by atoms with Crippen molar-refractivity contribution < 1.29 is 9.52 Å². The molecule has 3 heteroatoms. The van der Waals surface area contributed by atoms with Gasteiger partial charge in [-0.05, 0) is 18.4 Å². The SMILES string of the molecule is CC[C@H](Cc1ccccc1)c1cc(O)cc(=O)o1. The first-order chi connectivity index (χ1) is 8.69. The van der Waals surface area contributed by atoms with E-state index in [1.54, 1.807) is 0 Å². The summed E-state index contributed by atoms with van der Waals surface area (Å²) >= 11 is 0. The zero-order valence-electron chi connectivity index (χ0n) is 10.3. The molecule has 3 nitrogen and oxygen atoms in total. The fraction of sp³-hybridized carbons (Fsp3) is 0.267. The highest BCUT2D eigenvalue weighted by atomic mass is 16.4. The summed E-state index contributed by atoms with van der Waals surface area (Å²) in [5, 5.41) is 9.44. The molecule has 18 heavy (non-hydrogen) atoms. The lowest BCUT2D eigenvalue weighted by Crippen LogP contribution is -2.06. The van der Waals surface area contributed by atoms with Crippen LogP contribution >= 0.6 is 0 Å². The quantitative estimate of drug-likeness (QED) is 0.899. The van der Waals surface area contributed by atoms with Crippen molar-refractivity contribution >= 4 is 0 Å². The van der Waals surface area contributed by atoms with Crippen LogP contribution in [0.2, 0.25) is 0 Å². The molecule has 0 aliphatic heterocycles. The molecular weight excluding hydrogens is 228 g/mol. The first-order valence-electron chi connectivity index (χ1n) is 6.07. The van der Waals surface area contributed by atoms with Crippen molar-refractivity contribution in [3.05, 3.63) is 64.2 Å². The van der Waals surface area contributed by atoms with Gasteiger partial charge in [-0.25, -0.2) is 4.79 Å². The Morgan fingerprint density at radius 3 is 2.56 bits per heavy atom. The average molecular weight is 244 g/mol. The molecule has 1 atom stereocenters. The van der Waals surface area contributed by atoms with Gasteiger partial charge in [-0.15, -0.1) is 0 Å². The maximum atomic E-state index is 11.3. The van der Waals surface area contributed by atoms with Crippen molar-refractivity contribution in [3.63, 3.8) is 0 Å². The lowest BCUT2D eigenvalue weighted by molar-refractivity contribution is 0.394. The zero-order valence-corrected chi connectivity index (χ0v) is 10.3. The number of hydrogen-bond acceptors (Lipinski definition) is 3. The summed E-state index contributed by atoms with van der Waals surface area (Å²) in [4.78, 5) is 11.3. The Morgan fingerprint density at radius 1 is 1.22 bits per heavy atom. The van der Waals surface area contributed by atoms with E-state index in [4.69, 9.17) is 4.42 Å². The maximum absolute atomic E-state index is 11.3. The van der Waals surface area contributed by atoms with Gasteiger partial charge in [0.05, 0.1) is 6.07 Å². The van der Waals surface area contributed by atoms with Crippen LogP contribution in [0.4, 0.5) is 0 Å². The molecule has 0 saturated carbocycles. The van der Waals surface area contributed by atoms with Crippen molar-refractivity contribution in [3.8, 4) is 5.75 Å². The van der Waals surface area contributed by atoms with Crippen molar-refractivity contribution in [1.82, 2.24) is 0 Å². The highest BCUT2D eigenvalue weighted by Crippen LogP contribution is 2.25. The first kappa shape index (κ1) is 12.4. The van der Waals surface area contributed by atoms with Crippen molar-refractivity contribution in [2.45, 2.75) is 25.7 Å². The molecule has 1 heterocycles. The molecule has 94 valence electrons. The second-order valence-electron chi connectivity index (χ2n) is 4.33. The molecule has 2 aromatic rings. The number of hydrogen-bond donors (Lipinski definition) is 1. The summed E-state index contributed by atoms with van der Waals surface area (Å²) in [7, 11) is 0. The maximum Gasteiger partial charge on any atom is 0.339 e.